The Morgan fingerprint density at radius 2 is 1.84 bits per heavy atom. The number of aryl methyl sites for hydroxylation is 2. The summed E-state index contributed by atoms with van der Waals surface area (Å²) in [6.45, 7) is 10.1. The highest BCUT2D eigenvalue weighted by Gasteiger charge is 2.26. The van der Waals surface area contributed by atoms with Crippen molar-refractivity contribution in [1.29, 1.82) is 0 Å². The molecular weight excluding hydrogens is 316 g/mol. The van der Waals surface area contributed by atoms with Gasteiger partial charge in [-0.15, -0.1) is 0 Å². The van der Waals surface area contributed by atoms with E-state index in [9.17, 15) is 4.79 Å². The van der Waals surface area contributed by atoms with E-state index in [0.717, 1.165) is 75.7 Å². The Balaban J connectivity index is 1.66. The molecule has 0 bridgehead atoms. The number of ether oxygens (including phenoxy) is 1. The van der Waals surface area contributed by atoms with Gasteiger partial charge in [0, 0.05) is 50.2 Å². The summed E-state index contributed by atoms with van der Waals surface area (Å²) >= 11 is 0. The topological polar surface area (TPSA) is 67.3 Å². The van der Waals surface area contributed by atoms with Crippen LogP contribution < -0.4 is 10.2 Å². The standard InChI is InChI=1S/C19H32N4O2/c1-4-5-12-25-13-6-9-20-18(24)17-7-10-23(11-8-17)19-21-15(2)14-16(3)22-19/h14,17H,4-13H2,1-3H3,(H,20,24). The van der Waals surface area contributed by atoms with Crippen molar-refractivity contribution < 1.29 is 9.53 Å². The number of unbranched alkanes of at least 4 members (excludes halogenated alkanes) is 1. The molecule has 1 aliphatic heterocycles. The molecule has 0 atom stereocenters. The zero-order valence-electron chi connectivity index (χ0n) is 15.9. The van der Waals surface area contributed by atoms with Gasteiger partial charge in [-0.25, -0.2) is 9.97 Å². The molecule has 6 nitrogen and oxygen atoms in total. The predicted octanol–water partition coefficient (Wildman–Crippen LogP) is 2.63. The first kappa shape index (κ1) is 19.6. The van der Waals surface area contributed by atoms with E-state index in [1.54, 1.807) is 0 Å². The number of piperidine rings is 1. The smallest absolute Gasteiger partial charge is 0.225 e. The number of carbonyl (C=O) groups is 1. The van der Waals surface area contributed by atoms with E-state index in [0.29, 0.717) is 6.54 Å². The normalized spacial score (nSPS) is 15.4. The molecular formula is C19H32N4O2. The number of nitrogens with zero attached hydrogens (tertiary/aromatic N) is 3. The highest BCUT2D eigenvalue weighted by atomic mass is 16.5. The number of rotatable bonds is 9. The van der Waals surface area contributed by atoms with Crippen LogP contribution in [0.25, 0.3) is 0 Å². The Bertz CT molecular complexity index is 522. The van der Waals surface area contributed by atoms with Crippen LogP contribution in [0, 0.1) is 19.8 Å². The minimum Gasteiger partial charge on any atom is -0.381 e. The molecule has 140 valence electrons. The second-order valence-electron chi connectivity index (χ2n) is 6.82. The molecule has 0 aromatic carbocycles. The number of hydrogen-bond donors (Lipinski definition) is 1. The molecule has 0 radical (unpaired) electrons. The maximum Gasteiger partial charge on any atom is 0.225 e. The molecule has 1 aromatic heterocycles. The number of nitrogens with one attached hydrogen (secondary N) is 1. The molecule has 2 heterocycles. The van der Waals surface area contributed by atoms with E-state index in [4.69, 9.17) is 4.74 Å². The summed E-state index contributed by atoms with van der Waals surface area (Å²) in [6, 6.07) is 1.98. The molecule has 0 unspecified atom stereocenters. The average molecular weight is 348 g/mol. The van der Waals surface area contributed by atoms with E-state index in [-0.39, 0.29) is 11.8 Å². The van der Waals surface area contributed by atoms with Crippen molar-refractivity contribution in [2.24, 2.45) is 5.92 Å². The van der Waals surface area contributed by atoms with Crippen molar-refractivity contribution in [2.45, 2.75) is 52.9 Å². The summed E-state index contributed by atoms with van der Waals surface area (Å²) in [5, 5.41) is 3.05. The van der Waals surface area contributed by atoms with Gasteiger partial charge >= 0.3 is 0 Å². The fourth-order valence-electron chi connectivity index (χ4n) is 3.07. The van der Waals surface area contributed by atoms with Gasteiger partial charge in [0.15, 0.2) is 0 Å². The second kappa shape index (κ2) is 10.3. The zero-order chi connectivity index (χ0) is 18.1. The number of anilines is 1. The van der Waals surface area contributed by atoms with Crippen LogP contribution in [0.2, 0.25) is 0 Å². The second-order valence-corrected chi connectivity index (χ2v) is 6.82. The van der Waals surface area contributed by atoms with Gasteiger partial charge < -0.3 is 15.0 Å². The summed E-state index contributed by atoms with van der Waals surface area (Å²) in [5.41, 5.74) is 1.98. The molecule has 0 aliphatic carbocycles. The summed E-state index contributed by atoms with van der Waals surface area (Å²) in [6.07, 6.45) is 4.85. The lowest BCUT2D eigenvalue weighted by Crippen LogP contribution is -2.41. The van der Waals surface area contributed by atoms with Crippen LogP contribution in [0.5, 0.6) is 0 Å². The Labute approximate surface area is 151 Å². The number of amides is 1. The van der Waals surface area contributed by atoms with Crippen LogP contribution in [0.1, 0.15) is 50.4 Å². The van der Waals surface area contributed by atoms with E-state index >= 15 is 0 Å². The van der Waals surface area contributed by atoms with E-state index in [2.05, 4.69) is 27.1 Å². The van der Waals surface area contributed by atoms with Crippen LogP contribution >= 0.6 is 0 Å². The largest absolute Gasteiger partial charge is 0.381 e. The van der Waals surface area contributed by atoms with Gasteiger partial charge in [-0.3, -0.25) is 4.79 Å². The average Bonchev–Trinajstić information content (AvgIpc) is 2.60. The van der Waals surface area contributed by atoms with Gasteiger partial charge in [0.1, 0.15) is 0 Å². The highest BCUT2D eigenvalue weighted by Crippen LogP contribution is 2.21. The number of aromatic nitrogens is 2. The van der Waals surface area contributed by atoms with Crippen molar-refractivity contribution in [1.82, 2.24) is 15.3 Å². The van der Waals surface area contributed by atoms with Crippen LogP contribution in [0.15, 0.2) is 6.07 Å². The first-order valence-electron chi connectivity index (χ1n) is 9.53. The molecule has 25 heavy (non-hydrogen) atoms. The third-order valence-electron chi connectivity index (χ3n) is 4.53. The lowest BCUT2D eigenvalue weighted by atomic mass is 9.96. The third kappa shape index (κ3) is 6.61. The van der Waals surface area contributed by atoms with Gasteiger partial charge in [-0.2, -0.15) is 0 Å². The Morgan fingerprint density at radius 1 is 1.20 bits per heavy atom. The minimum absolute atomic E-state index is 0.100. The molecule has 1 N–H and O–H groups in total. The summed E-state index contributed by atoms with van der Waals surface area (Å²) in [7, 11) is 0. The number of carbonyl (C=O) groups excluding carboxylic acids is 1. The quantitative estimate of drug-likeness (QED) is 0.695. The first-order valence-corrected chi connectivity index (χ1v) is 9.53. The van der Waals surface area contributed by atoms with E-state index in [1.807, 2.05) is 19.9 Å². The first-order chi connectivity index (χ1) is 12.1. The zero-order valence-corrected chi connectivity index (χ0v) is 15.9. The molecule has 1 aliphatic rings. The third-order valence-corrected chi connectivity index (χ3v) is 4.53. The maximum absolute atomic E-state index is 12.3. The molecule has 2 rings (SSSR count). The predicted molar refractivity (Wildman–Crippen MR) is 99.8 cm³/mol. The summed E-state index contributed by atoms with van der Waals surface area (Å²) < 4.78 is 5.51. The van der Waals surface area contributed by atoms with Crippen LogP contribution in [0.4, 0.5) is 5.95 Å². The van der Waals surface area contributed by atoms with Crippen molar-refractivity contribution in [2.75, 3.05) is 37.7 Å². The minimum atomic E-state index is 0.100. The monoisotopic (exact) mass is 348 g/mol. The molecule has 1 aromatic rings. The molecule has 1 amide bonds. The van der Waals surface area contributed by atoms with Crippen LogP contribution in [0.3, 0.4) is 0 Å². The van der Waals surface area contributed by atoms with E-state index in [1.165, 1.54) is 0 Å². The summed E-state index contributed by atoms with van der Waals surface area (Å²) in [4.78, 5) is 23.5. The van der Waals surface area contributed by atoms with Crippen molar-refractivity contribution in [3.8, 4) is 0 Å². The summed E-state index contributed by atoms with van der Waals surface area (Å²) in [5.74, 6) is 1.07. The lowest BCUT2D eigenvalue weighted by Gasteiger charge is -2.31. The Kier molecular flexibility index (Phi) is 8.12. The van der Waals surface area contributed by atoms with Crippen molar-refractivity contribution in [3.05, 3.63) is 17.5 Å². The van der Waals surface area contributed by atoms with Gasteiger partial charge in [0.25, 0.3) is 0 Å². The van der Waals surface area contributed by atoms with Crippen LogP contribution in [-0.4, -0.2) is 48.7 Å². The Hall–Kier alpha value is -1.69. The van der Waals surface area contributed by atoms with Gasteiger partial charge in [-0.05, 0) is 45.6 Å². The molecule has 0 saturated carbocycles. The highest BCUT2D eigenvalue weighted by molar-refractivity contribution is 5.78. The molecule has 6 heteroatoms. The van der Waals surface area contributed by atoms with Gasteiger partial charge in [0.05, 0.1) is 0 Å². The van der Waals surface area contributed by atoms with Crippen molar-refractivity contribution in [3.63, 3.8) is 0 Å². The molecule has 1 saturated heterocycles. The fourth-order valence-corrected chi connectivity index (χ4v) is 3.07. The Morgan fingerprint density at radius 3 is 2.48 bits per heavy atom. The van der Waals surface area contributed by atoms with E-state index < -0.39 is 0 Å². The fraction of sp³-hybridized carbons (Fsp3) is 0.737. The molecule has 0 spiro atoms. The van der Waals surface area contributed by atoms with Crippen LogP contribution in [-0.2, 0) is 9.53 Å². The number of hydrogen-bond acceptors (Lipinski definition) is 5. The maximum atomic E-state index is 12.3. The SMILES string of the molecule is CCCCOCCCNC(=O)C1CCN(c2nc(C)cc(C)n2)CC1. The van der Waals surface area contributed by atoms with Crippen molar-refractivity contribution >= 4 is 11.9 Å². The lowest BCUT2D eigenvalue weighted by molar-refractivity contribution is -0.125. The van der Waals surface area contributed by atoms with Gasteiger partial charge in [-0.1, -0.05) is 13.3 Å². The molecule has 1 fully saturated rings. The van der Waals surface area contributed by atoms with Gasteiger partial charge in [0.2, 0.25) is 11.9 Å².